The van der Waals surface area contributed by atoms with Crippen molar-refractivity contribution >= 4 is 11.8 Å². The minimum atomic E-state index is 0.740. The van der Waals surface area contributed by atoms with Gasteiger partial charge in [-0.15, -0.1) is 0 Å². The van der Waals surface area contributed by atoms with Gasteiger partial charge in [0.25, 0.3) is 0 Å². The predicted molar refractivity (Wildman–Crippen MR) is 75.7 cm³/mol. The first-order chi connectivity index (χ1) is 9.33. The minimum Gasteiger partial charge on any atom is -0.378 e. The van der Waals surface area contributed by atoms with E-state index < -0.39 is 0 Å². The van der Waals surface area contributed by atoms with Gasteiger partial charge in [-0.3, -0.25) is 0 Å². The molecule has 5 heteroatoms. The summed E-state index contributed by atoms with van der Waals surface area (Å²) in [6.45, 7) is 7.89. The highest BCUT2D eigenvalue weighted by Gasteiger charge is 2.20. The highest BCUT2D eigenvalue weighted by Crippen LogP contribution is 2.21. The molecule has 0 saturated carbocycles. The Bertz CT molecular complexity index is 420. The van der Waals surface area contributed by atoms with Gasteiger partial charge >= 0.3 is 0 Å². The second-order valence-electron chi connectivity index (χ2n) is 5.51. The number of nitrogens with zero attached hydrogens (tertiary/aromatic N) is 4. The maximum Gasteiger partial charge on any atom is 0.227 e. The van der Waals surface area contributed by atoms with Crippen molar-refractivity contribution in [1.82, 2.24) is 9.97 Å². The maximum atomic E-state index is 5.39. The standard InChI is InChI=1S/C14H22N4O/c1-12-3-2-6-18(11-12)14-15-5-4-13(16-14)17-7-9-19-10-8-17/h4-5,12H,2-3,6-11H2,1H3. The Morgan fingerprint density at radius 1 is 1.21 bits per heavy atom. The molecule has 3 heterocycles. The van der Waals surface area contributed by atoms with Crippen LogP contribution >= 0.6 is 0 Å². The molecule has 19 heavy (non-hydrogen) atoms. The van der Waals surface area contributed by atoms with E-state index in [2.05, 4.69) is 21.7 Å². The topological polar surface area (TPSA) is 41.5 Å². The van der Waals surface area contributed by atoms with Crippen molar-refractivity contribution in [2.45, 2.75) is 19.8 Å². The Balaban J connectivity index is 1.75. The SMILES string of the molecule is CC1CCCN(c2nccc(N3CCOCC3)n2)C1. The summed E-state index contributed by atoms with van der Waals surface area (Å²) in [5, 5.41) is 0. The largest absolute Gasteiger partial charge is 0.378 e. The van der Waals surface area contributed by atoms with Gasteiger partial charge in [-0.2, -0.15) is 4.98 Å². The Labute approximate surface area is 114 Å². The molecule has 0 N–H and O–H groups in total. The average molecular weight is 262 g/mol. The molecular weight excluding hydrogens is 240 g/mol. The fourth-order valence-corrected chi connectivity index (χ4v) is 2.83. The van der Waals surface area contributed by atoms with Crippen molar-refractivity contribution in [2.75, 3.05) is 49.2 Å². The van der Waals surface area contributed by atoms with Crippen LogP contribution in [0.5, 0.6) is 0 Å². The van der Waals surface area contributed by atoms with E-state index in [0.29, 0.717) is 0 Å². The van der Waals surface area contributed by atoms with E-state index in [4.69, 9.17) is 9.72 Å². The third-order valence-corrected chi connectivity index (χ3v) is 3.90. The van der Waals surface area contributed by atoms with Crippen molar-refractivity contribution in [3.05, 3.63) is 12.3 Å². The van der Waals surface area contributed by atoms with Gasteiger partial charge < -0.3 is 14.5 Å². The molecule has 1 aromatic heterocycles. The van der Waals surface area contributed by atoms with Crippen LogP contribution in [0, 0.1) is 5.92 Å². The number of aromatic nitrogens is 2. The number of piperidine rings is 1. The van der Waals surface area contributed by atoms with E-state index in [1.165, 1.54) is 12.8 Å². The fraction of sp³-hybridized carbons (Fsp3) is 0.714. The Hall–Kier alpha value is -1.36. The molecule has 2 fully saturated rings. The first-order valence-corrected chi connectivity index (χ1v) is 7.23. The molecule has 1 unspecified atom stereocenters. The van der Waals surface area contributed by atoms with Gasteiger partial charge in [-0.25, -0.2) is 4.98 Å². The lowest BCUT2D eigenvalue weighted by atomic mass is 10.0. The number of ether oxygens (including phenoxy) is 1. The van der Waals surface area contributed by atoms with E-state index in [1.807, 2.05) is 12.3 Å². The molecule has 2 aliphatic heterocycles. The lowest BCUT2D eigenvalue weighted by Crippen LogP contribution is -2.38. The van der Waals surface area contributed by atoms with Crippen LogP contribution < -0.4 is 9.80 Å². The Morgan fingerprint density at radius 3 is 2.84 bits per heavy atom. The van der Waals surface area contributed by atoms with Crippen LogP contribution in [0.2, 0.25) is 0 Å². The van der Waals surface area contributed by atoms with E-state index in [1.54, 1.807) is 0 Å². The third kappa shape index (κ3) is 2.97. The lowest BCUT2D eigenvalue weighted by Gasteiger charge is -2.32. The molecule has 1 aromatic rings. The summed E-state index contributed by atoms with van der Waals surface area (Å²) >= 11 is 0. The van der Waals surface area contributed by atoms with Gasteiger partial charge in [0.15, 0.2) is 0 Å². The van der Waals surface area contributed by atoms with Crippen LogP contribution in [0.15, 0.2) is 12.3 Å². The van der Waals surface area contributed by atoms with E-state index in [9.17, 15) is 0 Å². The number of hydrogen-bond acceptors (Lipinski definition) is 5. The smallest absolute Gasteiger partial charge is 0.227 e. The van der Waals surface area contributed by atoms with Gasteiger partial charge in [-0.1, -0.05) is 6.92 Å². The van der Waals surface area contributed by atoms with Gasteiger partial charge in [0.2, 0.25) is 5.95 Å². The molecule has 3 rings (SSSR count). The Kier molecular flexibility index (Phi) is 3.82. The van der Waals surface area contributed by atoms with E-state index in [0.717, 1.165) is 57.1 Å². The van der Waals surface area contributed by atoms with Gasteiger partial charge in [-0.05, 0) is 24.8 Å². The maximum absolute atomic E-state index is 5.39. The number of anilines is 2. The normalized spacial score (nSPS) is 24.6. The summed E-state index contributed by atoms with van der Waals surface area (Å²) in [6, 6.07) is 2.00. The van der Waals surface area contributed by atoms with Gasteiger partial charge in [0, 0.05) is 32.4 Å². The van der Waals surface area contributed by atoms with Gasteiger partial charge in [0.1, 0.15) is 5.82 Å². The molecule has 2 aliphatic rings. The zero-order valence-electron chi connectivity index (χ0n) is 11.6. The van der Waals surface area contributed by atoms with Crippen LogP contribution in [0.4, 0.5) is 11.8 Å². The molecule has 0 aromatic carbocycles. The number of hydrogen-bond donors (Lipinski definition) is 0. The molecule has 0 spiro atoms. The summed E-state index contributed by atoms with van der Waals surface area (Å²) in [6.07, 6.45) is 4.44. The Morgan fingerprint density at radius 2 is 2.05 bits per heavy atom. The van der Waals surface area contributed by atoms with Crippen molar-refractivity contribution in [2.24, 2.45) is 5.92 Å². The predicted octanol–water partition coefficient (Wildman–Crippen LogP) is 1.55. The van der Waals surface area contributed by atoms with Crippen molar-refractivity contribution in [3.8, 4) is 0 Å². The summed E-state index contributed by atoms with van der Waals surface area (Å²) in [5.41, 5.74) is 0. The number of rotatable bonds is 2. The van der Waals surface area contributed by atoms with Crippen molar-refractivity contribution in [3.63, 3.8) is 0 Å². The number of morpholine rings is 1. The van der Waals surface area contributed by atoms with Gasteiger partial charge in [0.05, 0.1) is 13.2 Å². The van der Waals surface area contributed by atoms with E-state index >= 15 is 0 Å². The molecule has 1 atom stereocenters. The monoisotopic (exact) mass is 262 g/mol. The lowest BCUT2D eigenvalue weighted by molar-refractivity contribution is 0.122. The minimum absolute atomic E-state index is 0.740. The highest BCUT2D eigenvalue weighted by atomic mass is 16.5. The highest BCUT2D eigenvalue weighted by molar-refractivity contribution is 5.44. The molecular formula is C14H22N4O. The van der Waals surface area contributed by atoms with Crippen molar-refractivity contribution in [1.29, 1.82) is 0 Å². The first kappa shape index (κ1) is 12.7. The van der Waals surface area contributed by atoms with Crippen LogP contribution in [0.25, 0.3) is 0 Å². The zero-order valence-corrected chi connectivity index (χ0v) is 11.6. The molecule has 0 amide bonds. The molecule has 0 radical (unpaired) electrons. The molecule has 5 nitrogen and oxygen atoms in total. The van der Waals surface area contributed by atoms with Crippen LogP contribution in [0.3, 0.4) is 0 Å². The van der Waals surface area contributed by atoms with Crippen LogP contribution in [-0.4, -0.2) is 49.4 Å². The fourth-order valence-electron chi connectivity index (χ4n) is 2.83. The first-order valence-electron chi connectivity index (χ1n) is 7.23. The molecule has 2 saturated heterocycles. The summed E-state index contributed by atoms with van der Waals surface area (Å²) in [4.78, 5) is 13.8. The molecule has 0 aliphatic carbocycles. The quantitative estimate of drug-likeness (QED) is 0.809. The van der Waals surface area contributed by atoms with Crippen LogP contribution in [-0.2, 0) is 4.74 Å². The average Bonchev–Trinajstić information content (AvgIpc) is 2.48. The van der Waals surface area contributed by atoms with E-state index in [-0.39, 0.29) is 0 Å². The zero-order chi connectivity index (χ0) is 13.1. The second-order valence-corrected chi connectivity index (χ2v) is 5.51. The summed E-state index contributed by atoms with van der Waals surface area (Å²) in [7, 11) is 0. The second kappa shape index (κ2) is 5.74. The molecule has 104 valence electrons. The summed E-state index contributed by atoms with van der Waals surface area (Å²) < 4.78 is 5.39. The third-order valence-electron chi connectivity index (χ3n) is 3.90. The van der Waals surface area contributed by atoms with Crippen LogP contribution in [0.1, 0.15) is 19.8 Å². The molecule has 0 bridgehead atoms. The summed E-state index contributed by atoms with van der Waals surface area (Å²) in [5.74, 6) is 2.66. The van der Waals surface area contributed by atoms with Crippen molar-refractivity contribution < 1.29 is 4.74 Å².